The van der Waals surface area contributed by atoms with Crippen LogP contribution in [0.15, 0.2) is 24.3 Å². The molecule has 1 aromatic rings. The highest BCUT2D eigenvalue weighted by molar-refractivity contribution is 5.28. The number of nitrogens with one attached hydrogen (secondary N) is 1. The molecule has 1 aromatic carbocycles. The predicted octanol–water partition coefficient (Wildman–Crippen LogP) is 2.91. The summed E-state index contributed by atoms with van der Waals surface area (Å²) in [4.78, 5) is 0. The Hall–Kier alpha value is -1.06. The first-order chi connectivity index (χ1) is 8.79. The molecule has 1 aliphatic heterocycles. The molecule has 0 spiro atoms. The van der Waals surface area contributed by atoms with E-state index in [9.17, 15) is 0 Å². The monoisotopic (exact) mass is 249 g/mol. The largest absolute Gasteiger partial charge is 0.497 e. The highest BCUT2D eigenvalue weighted by Crippen LogP contribution is 2.18. The lowest BCUT2D eigenvalue weighted by Crippen LogP contribution is -2.23. The first-order valence-electron chi connectivity index (χ1n) is 6.78. The molecule has 3 heteroatoms. The Labute approximate surface area is 109 Å². The zero-order valence-corrected chi connectivity index (χ0v) is 11.3. The van der Waals surface area contributed by atoms with E-state index in [-0.39, 0.29) is 0 Å². The fourth-order valence-corrected chi connectivity index (χ4v) is 2.34. The van der Waals surface area contributed by atoms with E-state index in [4.69, 9.17) is 9.47 Å². The van der Waals surface area contributed by atoms with E-state index in [1.165, 1.54) is 18.4 Å². The van der Waals surface area contributed by atoms with Crippen LogP contribution < -0.4 is 10.1 Å². The Kier molecular flexibility index (Phi) is 5.02. The molecule has 1 fully saturated rings. The number of benzene rings is 1. The van der Waals surface area contributed by atoms with Gasteiger partial charge in [-0.15, -0.1) is 0 Å². The van der Waals surface area contributed by atoms with Crippen LogP contribution in [0.5, 0.6) is 5.75 Å². The van der Waals surface area contributed by atoms with Gasteiger partial charge in [0.2, 0.25) is 0 Å². The van der Waals surface area contributed by atoms with Crippen molar-refractivity contribution in [2.45, 2.75) is 38.3 Å². The minimum absolute atomic E-state index is 0.373. The Morgan fingerprint density at radius 1 is 1.39 bits per heavy atom. The molecule has 2 atom stereocenters. The molecule has 18 heavy (non-hydrogen) atoms. The molecule has 1 aliphatic rings. The standard InChI is InChI=1S/C15H23NO2/c1-12(13-5-7-14(17-2)8-6-13)16-10-9-15-4-3-11-18-15/h5-8,12,15-16H,3-4,9-11H2,1-2H3. The maximum atomic E-state index is 5.61. The minimum Gasteiger partial charge on any atom is -0.497 e. The van der Waals surface area contributed by atoms with Gasteiger partial charge < -0.3 is 14.8 Å². The summed E-state index contributed by atoms with van der Waals surface area (Å²) in [7, 11) is 1.69. The van der Waals surface area contributed by atoms with Crippen molar-refractivity contribution in [3.05, 3.63) is 29.8 Å². The molecule has 0 bridgehead atoms. The molecule has 0 aliphatic carbocycles. The van der Waals surface area contributed by atoms with Crippen LogP contribution in [0.1, 0.15) is 37.8 Å². The van der Waals surface area contributed by atoms with Gasteiger partial charge in [0.15, 0.2) is 0 Å². The summed E-state index contributed by atoms with van der Waals surface area (Å²) in [6.07, 6.45) is 4.03. The van der Waals surface area contributed by atoms with Crippen LogP contribution in [0.2, 0.25) is 0 Å². The first-order valence-corrected chi connectivity index (χ1v) is 6.78. The lowest BCUT2D eigenvalue weighted by molar-refractivity contribution is 0.103. The molecular weight excluding hydrogens is 226 g/mol. The van der Waals surface area contributed by atoms with Crippen LogP contribution in [0, 0.1) is 0 Å². The van der Waals surface area contributed by atoms with Crippen molar-refractivity contribution in [3.8, 4) is 5.75 Å². The van der Waals surface area contributed by atoms with E-state index in [0.29, 0.717) is 12.1 Å². The van der Waals surface area contributed by atoms with E-state index in [2.05, 4.69) is 24.4 Å². The van der Waals surface area contributed by atoms with Gasteiger partial charge in [-0.1, -0.05) is 12.1 Å². The Morgan fingerprint density at radius 2 is 2.17 bits per heavy atom. The van der Waals surface area contributed by atoms with E-state index in [0.717, 1.165) is 25.3 Å². The lowest BCUT2D eigenvalue weighted by Gasteiger charge is -2.16. The van der Waals surface area contributed by atoms with Crippen LogP contribution in [-0.4, -0.2) is 26.4 Å². The van der Waals surface area contributed by atoms with Gasteiger partial charge in [-0.2, -0.15) is 0 Å². The fourth-order valence-electron chi connectivity index (χ4n) is 2.34. The Balaban J connectivity index is 1.74. The average Bonchev–Trinajstić information content (AvgIpc) is 2.92. The van der Waals surface area contributed by atoms with Gasteiger partial charge in [-0.25, -0.2) is 0 Å². The third-order valence-electron chi connectivity index (χ3n) is 3.56. The van der Waals surface area contributed by atoms with Gasteiger partial charge in [0, 0.05) is 12.6 Å². The molecule has 2 unspecified atom stereocenters. The summed E-state index contributed by atoms with van der Waals surface area (Å²) in [6.45, 7) is 4.15. The SMILES string of the molecule is COc1ccc(C(C)NCCC2CCCO2)cc1. The zero-order valence-electron chi connectivity index (χ0n) is 11.3. The fraction of sp³-hybridized carbons (Fsp3) is 0.600. The van der Waals surface area contributed by atoms with Crippen LogP contribution >= 0.6 is 0 Å². The number of methoxy groups -OCH3 is 1. The van der Waals surface area contributed by atoms with Crippen molar-refractivity contribution >= 4 is 0 Å². The second-order valence-electron chi connectivity index (χ2n) is 4.87. The van der Waals surface area contributed by atoms with Crippen molar-refractivity contribution < 1.29 is 9.47 Å². The molecule has 2 rings (SSSR count). The molecule has 3 nitrogen and oxygen atoms in total. The maximum Gasteiger partial charge on any atom is 0.118 e. The van der Waals surface area contributed by atoms with Crippen LogP contribution in [0.25, 0.3) is 0 Å². The molecule has 0 aromatic heterocycles. The number of rotatable bonds is 6. The molecular formula is C15H23NO2. The molecule has 1 N–H and O–H groups in total. The molecule has 1 heterocycles. The maximum absolute atomic E-state index is 5.61. The first kappa shape index (κ1) is 13.4. The second kappa shape index (κ2) is 6.76. The summed E-state index contributed by atoms with van der Waals surface area (Å²) >= 11 is 0. The third-order valence-corrected chi connectivity index (χ3v) is 3.56. The summed E-state index contributed by atoms with van der Waals surface area (Å²) in [5.41, 5.74) is 1.29. The molecule has 100 valence electrons. The van der Waals surface area contributed by atoms with Crippen molar-refractivity contribution in [3.63, 3.8) is 0 Å². The number of ether oxygens (including phenoxy) is 2. The van der Waals surface area contributed by atoms with Crippen molar-refractivity contribution in [2.75, 3.05) is 20.3 Å². The average molecular weight is 249 g/mol. The van der Waals surface area contributed by atoms with Gasteiger partial charge in [0.05, 0.1) is 13.2 Å². The van der Waals surface area contributed by atoms with E-state index in [1.54, 1.807) is 7.11 Å². The van der Waals surface area contributed by atoms with Crippen molar-refractivity contribution in [2.24, 2.45) is 0 Å². The predicted molar refractivity (Wildman–Crippen MR) is 73.0 cm³/mol. The van der Waals surface area contributed by atoms with Gasteiger partial charge >= 0.3 is 0 Å². The third kappa shape index (κ3) is 3.72. The molecule has 1 saturated heterocycles. The van der Waals surface area contributed by atoms with E-state index in [1.807, 2.05) is 12.1 Å². The van der Waals surface area contributed by atoms with Crippen molar-refractivity contribution in [1.29, 1.82) is 0 Å². The quantitative estimate of drug-likeness (QED) is 0.841. The Morgan fingerprint density at radius 3 is 2.78 bits per heavy atom. The summed E-state index contributed by atoms with van der Waals surface area (Å²) in [6, 6.07) is 8.61. The summed E-state index contributed by atoms with van der Waals surface area (Å²) < 4.78 is 10.8. The van der Waals surface area contributed by atoms with Crippen LogP contribution in [-0.2, 0) is 4.74 Å². The van der Waals surface area contributed by atoms with Gasteiger partial charge in [-0.05, 0) is 50.4 Å². The van der Waals surface area contributed by atoms with Crippen LogP contribution in [0.3, 0.4) is 0 Å². The second-order valence-corrected chi connectivity index (χ2v) is 4.87. The topological polar surface area (TPSA) is 30.5 Å². The Bertz CT molecular complexity index is 344. The smallest absolute Gasteiger partial charge is 0.118 e. The molecule has 0 radical (unpaired) electrons. The minimum atomic E-state index is 0.373. The van der Waals surface area contributed by atoms with Crippen molar-refractivity contribution in [1.82, 2.24) is 5.32 Å². The van der Waals surface area contributed by atoms with Gasteiger partial charge in [-0.3, -0.25) is 0 Å². The molecule has 0 saturated carbocycles. The van der Waals surface area contributed by atoms with Gasteiger partial charge in [0.1, 0.15) is 5.75 Å². The zero-order chi connectivity index (χ0) is 12.8. The summed E-state index contributed by atoms with van der Waals surface area (Å²) in [5.74, 6) is 0.908. The van der Waals surface area contributed by atoms with E-state index >= 15 is 0 Å². The number of hydrogen-bond donors (Lipinski definition) is 1. The van der Waals surface area contributed by atoms with Gasteiger partial charge in [0.25, 0.3) is 0 Å². The van der Waals surface area contributed by atoms with Crippen LogP contribution in [0.4, 0.5) is 0 Å². The number of hydrogen-bond acceptors (Lipinski definition) is 3. The highest BCUT2D eigenvalue weighted by atomic mass is 16.5. The highest BCUT2D eigenvalue weighted by Gasteiger charge is 2.15. The lowest BCUT2D eigenvalue weighted by atomic mass is 10.1. The summed E-state index contributed by atoms with van der Waals surface area (Å²) in [5, 5.41) is 3.54. The normalized spacial score (nSPS) is 20.9. The molecule has 0 amide bonds. The van der Waals surface area contributed by atoms with E-state index < -0.39 is 0 Å².